The van der Waals surface area contributed by atoms with Gasteiger partial charge in [0.05, 0.1) is 0 Å². The molecule has 0 nitrogen and oxygen atoms in total. The molecule has 0 bridgehead atoms. The predicted molar refractivity (Wildman–Crippen MR) is 69.5 cm³/mol. The molecule has 0 aromatic rings. The lowest BCUT2D eigenvalue weighted by molar-refractivity contribution is 0.875. The van der Waals surface area contributed by atoms with Gasteiger partial charge in [0.25, 0.3) is 0 Å². The lowest BCUT2D eigenvalue weighted by atomic mass is 10.4. The van der Waals surface area contributed by atoms with Gasteiger partial charge in [-0.1, -0.05) is 58.2 Å². The van der Waals surface area contributed by atoms with Crippen LogP contribution in [0.25, 0.3) is 0 Å². The molecule has 0 aromatic carbocycles. The van der Waals surface area contributed by atoms with E-state index in [1.807, 2.05) is 0 Å². The van der Waals surface area contributed by atoms with Crippen molar-refractivity contribution in [2.45, 2.75) is 58.2 Å². The molecule has 1 atom stereocenters. The van der Waals surface area contributed by atoms with Gasteiger partial charge in [0.15, 0.2) is 0 Å². The molecule has 0 aliphatic rings. The van der Waals surface area contributed by atoms with Crippen LogP contribution in [-0.4, -0.2) is 25.9 Å². The fourth-order valence-electron chi connectivity index (χ4n) is 1.73. The van der Waals surface area contributed by atoms with Gasteiger partial charge in [-0.15, -0.1) is 0 Å². The van der Waals surface area contributed by atoms with Crippen LogP contribution < -0.4 is 0 Å². The Morgan fingerprint density at radius 2 is 1.75 bits per heavy atom. The molecule has 0 rings (SSSR count). The predicted octanol–water partition coefficient (Wildman–Crippen LogP) is 1.61. The van der Waals surface area contributed by atoms with Gasteiger partial charge in [-0.05, 0) is 0 Å². The zero-order valence-corrected chi connectivity index (χ0v) is 13.2. The summed E-state index contributed by atoms with van der Waals surface area (Å²) in [6.45, 7) is 7.25. The first-order valence-electron chi connectivity index (χ1n) is 5.85. The van der Waals surface area contributed by atoms with E-state index < -0.39 is 0 Å². The van der Waals surface area contributed by atoms with Gasteiger partial charge in [0, 0.05) is 25.9 Å². The molecule has 0 aliphatic carbocycles. The maximum Gasteiger partial charge on any atom is 0.0125 e. The molecule has 0 N–H and O–H groups in total. The van der Waals surface area contributed by atoms with E-state index in [1.54, 1.807) is 24.9 Å². The molecule has 0 saturated carbocycles. The largest absolute Gasteiger partial charge is 0.0771 e. The highest BCUT2D eigenvalue weighted by molar-refractivity contribution is 7.39. The first-order valence-corrected chi connectivity index (χ1v) is 15.6. The van der Waals surface area contributed by atoms with Gasteiger partial charge in [-0.3, -0.25) is 0 Å². The van der Waals surface area contributed by atoms with E-state index in [1.165, 1.54) is 12.8 Å². The van der Waals surface area contributed by atoms with Gasteiger partial charge in [0.1, 0.15) is 0 Å². The zero-order chi connectivity index (χ0) is 9.23. The number of hydrogen-bond acceptors (Lipinski definition) is 0. The fraction of sp³-hybridized carbons (Fsp3) is 1.00. The Kier molecular flexibility index (Phi) is 10.3. The van der Waals surface area contributed by atoms with Crippen LogP contribution in [0.3, 0.4) is 0 Å². The lowest BCUT2D eigenvalue weighted by Gasteiger charge is -2.10. The van der Waals surface area contributed by atoms with E-state index >= 15 is 0 Å². The average molecular weight is 219 g/mol. The van der Waals surface area contributed by atoms with Crippen LogP contribution in [-0.2, 0) is 0 Å². The van der Waals surface area contributed by atoms with E-state index in [-0.39, 0.29) is 7.83 Å². The zero-order valence-electron chi connectivity index (χ0n) is 9.23. The summed E-state index contributed by atoms with van der Waals surface area (Å²) in [5.41, 5.74) is 0. The van der Waals surface area contributed by atoms with Crippen LogP contribution in [0.4, 0.5) is 0 Å². The number of hydrogen-bond donors (Lipinski definition) is 0. The van der Waals surface area contributed by atoms with E-state index in [9.17, 15) is 0 Å². The summed E-state index contributed by atoms with van der Waals surface area (Å²) in [5, 5.41) is 0. The minimum atomic E-state index is 0.0156. The Labute approximate surface area is 84.4 Å². The lowest BCUT2D eigenvalue weighted by Crippen LogP contribution is -2.28. The Balaban J connectivity index is 3.26. The van der Waals surface area contributed by atoms with Crippen molar-refractivity contribution < 1.29 is 0 Å². The highest BCUT2D eigenvalue weighted by atomic mass is 29.6. The van der Waals surface area contributed by atoms with Gasteiger partial charge in [-0.25, -0.2) is 0 Å². The first-order chi connectivity index (χ1) is 5.85. The van der Waals surface area contributed by atoms with Gasteiger partial charge >= 0.3 is 0 Å². The van der Waals surface area contributed by atoms with E-state index in [4.69, 9.17) is 0 Å². The Hall–Kier alpha value is 0.651. The Morgan fingerprint density at radius 1 is 1.08 bits per heavy atom. The van der Waals surface area contributed by atoms with Gasteiger partial charge in [0.2, 0.25) is 0 Å². The van der Waals surface area contributed by atoms with E-state index in [0.29, 0.717) is 18.1 Å². The van der Waals surface area contributed by atoms with Crippen molar-refractivity contribution in [3.63, 3.8) is 0 Å². The first kappa shape index (κ1) is 12.7. The van der Waals surface area contributed by atoms with Crippen LogP contribution in [0.15, 0.2) is 0 Å². The second kappa shape index (κ2) is 9.74. The molecule has 3 heteroatoms. The van der Waals surface area contributed by atoms with Crippen molar-refractivity contribution in [2.75, 3.05) is 0 Å². The maximum atomic E-state index is 2.57. The average Bonchev–Trinajstić information content (AvgIpc) is 2.11. The fourth-order valence-corrected chi connectivity index (χ4v) is 19.1. The van der Waals surface area contributed by atoms with Crippen molar-refractivity contribution in [1.29, 1.82) is 0 Å². The third kappa shape index (κ3) is 7.31. The molecule has 74 valence electrons. The Morgan fingerprint density at radius 3 is 2.25 bits per heavy atom. The summed E-state index contributed by atoms with van der Waals surface area (Å²) in [5.74, 6) is 0. The SMILES string of the molecule is CCCC[SiH2][SiH](CCCC)[SiH2]C. The highest BCUT2D eigenvalue weighted by Crippen LogP contribution is 2.03. The second-order valence-electron chi connectivity index (χ2n) is 3.91. The molecule has 0 fully saturated rings. The van der Waals surface area contributed by atoms with Gasteiger partial charge < -0.3 is 0 Å². The quantitative estimate of drug-likeness (QED) is 0.429. The van der Waals surface area contributed by atoms with Crippen molar-refractivity contribution in [3.8, 4) is 0 Å². The Bertz CT molecular complexity index is 85.8. The summed E-state index contributed by atoms with van der Waals surface area (Å²) < 4.78 is 0. The summed E-state index contributed by atoms with van der Waals surface area (Å²) >= 11 is 0. The molecule has 0 amide bonds. The number of unbranched alkanes of at least 4 members (excludes halogenated alkanes) is 2. The van der Waals surface area contributed by atoms with Crippen LogP contribution in [0, 0.1) is 0 Å². The molecule has 0 spiro atoms. The highest BCUT2D eigenvalue weighted by Gasteiger charge is 2.07. The van der Waals surface area contributed by atoms with Crippen molar-refractivity contribution >= 4 is 25.9 Å². The summed E-state index contributed by atoms with van der Waals surface area (Å²) in [7, 11) is 0.990. The van der Waals surface area contributed by atoms with Crippen molar-refractivity contribution in [3.05, 3.63) is 0 Å². The third-order valence-electron chi connectivity index (χ3n) is 2.76. The summed E-state index contributed by atoms with van der Waals surface area (Å²) in [6, 6.07) is 3.42. The maximum absolute atomic E-state index is 2.57. The molecule has 0 saturated heterocycles. The summed E-state index contributed by atoms with van der Waals surface area (Å²) in [6.07, 6.45) is 6.00. The molecular formula is C9H26Si3. The molecule has 0 heterocycles. The van der Waals surface area contributed by atoms with Crippen LogP contribution in [0.2, 0.25) is 18.6 Å². The van der Waals surface area contributed by atoms with Crippen LogP contribution in [0.1, 0.15) is 39.5 Å². The van der Waals surface area contributed by atoms with E-state index in [0.717, 1.165) is 0 Å². The standard InChI is InChI=1S/C9H26Si3/c1-4-6-8-11-12(10-3)9-7-5-2/h12H,4-11H2,1-3H3. The van der Waals surface area contributed by atoms with E-state index in [2.05, 4.69) is 20.4 Å². The summed E-state index contributed by atoms with van der Waals surface area (Å²) in [4.78, 5) is 0. The molecule has 12 heavy (non-hydrogen) atoms. The third-order valence-corrected chi connectivity index (χ3v) is 25.3. The molecular weight excluding hydrogens is 192 g/mol. The number of rotatable bonds is 8. The van der Waals surface area contributed by atoms with Crippen LogP contribution >= 0.6 is 0 Å². The topological polar surface area (TPSA) is 0 Å². The normalized spacial score (nSPS) is 15.2. The second-order valence-corrected chi connectivity index (χ2v) is 22.9. The minimum absolute atomic E-state index is 0.0156. The van der Waals surface area contributed by atoms with Gasteiger partial charge in [-0.2, -0.15) is 0 Å². The minimum Gasteiger partial charge on any atom is -0.0771 e. The molecule has 0 aromatic heterocycles. The molecule has 1 unspecified atom stereocenters. The van der Waals surface area contributed by atoms with Crippen molar-refractivity contribution in [1.82, 2.24) is 0 Å². The van der Waals surface area contributed by atoms with Crippen LogP contribution in [0.5, 0.6) is 0 Å². The molecule has 0 aliphatic heterocycles. The monoisotopic (exact) mass is 218 g/mol. The smallest absolute Gasteiger partial charge is 0.0125 e. The molecule has 0 radical (unpaired) electrons. The van der Waals surface area contributed by atoms with Crippen molar-refractivity contribution in [2.24, 2.45) is 0 Å².